The lowest BCUT2D eigenvalue weighted by molar-refractivity contribution is 0.174. The predicted octanol–water partition coefficient (Wildman–Crippen LogP) is 2.72. The number of ether oxygens (including phenoxy) is 2. The van der Waals surface area contributed by atoms with Crippen molar-refractivity contribution in [2.75, 3.05) is 6.79 Å². The molecule has 11 heavy (non-hydrogen) atoms. The van der Waals surface area contributed by atoms with E-state index in [1.165, 1.54) is 0 Å². The quantitative estimate of drug-likeness (QED) is 0.627. The molecule has 0 fully saturated rings. The lowest BCUT2D eigenvalue weighted by Crippen LogP contribution is -1.92. The first-order chi connectivity index (χ1) is 5.27. The standard InChI is InChI=1S/C7H4Cl2O2/c8-4-1-6-7(2-5(4)9)11-3-10-6/h1-2H,3H2. The third-order valence-corrected chi connectivity index (χ3v) is 2.14. The maximum atomic E-state index is 5.72. The predicted molar refractivity (Wildman–Crippen MR) is 42.6 cm³/mol. The first-order valence-corrected chi connectivity index (χ1v) is 3.77. The minimum absolute atomic E-state index is 0.242. The molecule has 0 unspecified atom stereocenters. The van der Waals surface area contributed by atoms with Crippen molar-refractivity contribution in [3.05, 3.63) is 22.2 Å². The van der Waals surface area contributed by atoms with Gasteiger partial charge in [-0.25, -0.2) is 0 Å². The fraction of sp³-hybridized carbons (Fsp3) is 0.143. The van der Waals surface area contributed by atoms with Crippen LogP contribution in [-0.4, -0.2) is 6.79 Å². The maximum Gasteiger partial charge on any atom is 0.231 e. The second-order valence-corrected chi connectivity index (χ2v) is 2.93. The Morgan fingerprint density at radius 1 is 1.00 bits per heavy atom. The summed E-state index contributed by atoms with van der Waals surface area (Å²) in [5.41, 5.74) is 0. The zero-order valence-corrected chi connectivity index (χ0v) is 6.95. The van der Waals surface area contributed by atoms with Crippen LogP contribution < -0.4 is 9.47 Å². The number of fused-ring (bicyclic) bond motifs is 1. The second kappa shape index (κ2) is 2.47. The summed E-state index contributed by atoms with van der Waals surface area (Å²) in [7, 11) is 0. The van der Waals surface area contributed by atoms with Gasteiger partial charge in [0.05, 0.1) is 10.0 Å². The van der Waals surface area contributed by atoms with E-state index in [9.17, 15) is 0 Å². The highest BCUT2D eigenvalue weighted by Gasteiger charge is 2.15. The molecule has 0 amide bonds. The van der Waals surface area contributed by atoms with Crippen molar-refractivity contribution in [1.82, 2.24) is 0 Å². The van der Waals surface area contributed by atoms with Crippen molar-refractivity contribution in [2.45, 2.75) is 0 Å². The normalized spacial score (nSPS) is 13.6. The molecule has 0 aliphatic carbocycles. The van der Waals surface area contributed by atoms with E-state index < -0.39 is 0 Å². The van der Waals surface area contributed by atoms with Crippen molar-refractivity contribution >= 4 is 23.2 Å². The molecule has 1 heterocycles. The fourth-order valence-electron chi connectivity index (χ4n) is 0.892. The highest BCUT2D eigenvalue weighted by atomic mass is 35.5. The number of hydrogen-bond acceptors (Lipinski definition) is 2. The van der Waals surface area contributed by atoms with Crippen LogP contribution in [0.4, 0.5) is 0 Å². The van der Waals surface area contributed by atoms with Crippen LogP contribution in [-0.2, 0) is 0 Å². The molecule has 2 rings (SSSR count). The SMILES string of the molecule is Clc1cc2c(cc1Cl)OCO2. The molecule has 0 aromatic heterocycles. The fourth-order valence-corrected chi connectivity index (χ4v) is 1.20. The Balaban J connectivity index is 2.57. The minimum atomic E-state index is 0.242. The van der Waals surface area contributed by atoms with Gasteiger partial charge in [-0.2, -0.15) is 0 Å². The van der Waals surface area contributed by atoms with E-state index >= 15 is 0 Å². The number of benzene rings is 1. The molecule has 1 aliphatic rings. The lowest BCUT2D eigenvalue weighted by Gasteiger charge is -1.97. The molecule has 0 atom stereocenters. The van der Waals surface area contributed by atoms with Gasteiger partial charge in [-0.1, -0.05) is 23.2 Å². The van der Waals surface area contributed by atoms with Gasteiger partial charge < -0.3 is 9.47 Å². The Labute approximate surface area is 73.6 Å². The summed E-state index contributed by atoms with van der Waals surface area (Å²) < 4.78 is 10.1. The molecule has 0 N–H and O–H groups in total. The molecule has 0 bridgehead atoms. The Bertz CT molecular complexity index is 270. The zero-order chi connectivity index (χ0) is 7.84. The molecule has 4 heteroatoms. The first kappa shape index (κ1) is 7.07. The topological polar surface area (TPSA) is 18.5 Å². The number of hydrogen-bond donors (Lipinski definition) is 0. The van der Waals surface area contributed by atoms with Gasteiger partial charge in [-0.3, -0.25) is 0 Å². The van der Waals surface area contributed by atoms with Crippen molar-refractivity contribution < 1.29 is 9.47 Å². The van der Waals surface area contributed by atoms with Gasteiger partial charge in [0.2, 0.25) is 6.79 Å². The minimum Gasteiger partial charge on any atom is -0.454 e. The van der Waals surface area contributed by atoms with Crippen molar-refractivity contribution in [1.29, 1.82) is 0 Å². The average molecular weight is 191 g/mol. The van der Waals surface area contributed by atoms with Gasteiger partial charge in [0.1, 0.15) is 0 Å². The van der Waals surface area contributed by atoms with Crippen LogP contribution in [0.5, 0.6) is 11.5 Å². The van der Waals surface area contributed by atoms with Crippen LogP contribution in [0.2, 0.25) is 10.0 Å². The van der Waals surface area contributed by atoms with Gasteiger partial charge in [0.15, 0.2) is 11.5 Å². The maximum absolute atomic E-state index is 5.72. The van der Waals surface area contributed by atoms with E-state index in [0.717, 1.165) is 0 Å². The molecule has 58 valence electrons. The average Bonchev–Trinajstić information content (AvgIpc) is 2.36. The molecule has 0 radical (unpaired) electrons. The Hall–Kier alpha value is -0.600. The summed E-state index contributed by atoms with van der Waals surface area (Å²) >= 11 is 11.4. The van der Waals surface area contributed by atoms with Gasteiger partial charge >= 0.3 is 0 Å². The molecule has 2 nitrogen and oxygen atoms in total. The summed E-state index contributed by atoms with van der Waals surface area (Å²) in [5, 5.41) is 0.965. The molecule has 0 saturated carbocycles. The molecule has 1 aromatic rings. The first-order valence-electron chi connectivity index (χ1n) is 3.02. The van der Waals surface area contributed by atoms with E-state index in [-0.39, 0.29) is 6.79 Å². The highest BCUT2D eigenvalue weighted by Crippen LogP contribution is 2.38. The molecule has 0 spiro atoms. The van der Waals surface area contributed by atoms with Gasteiger partial charge in [-0.15, -0.1) is 0 Å². The molecular formula is C7H4Cl2O2. The summed E-state index contributed by atoms with van der Waals surface area (Å²) in [6, 6.07) is 3.29. The second-order valence-electron chi connectivity index (χ2n) is 2.12. The largest absolute Gasteiger partial charge is 0.454 e. The Morgan fingerprint density at radius 3 is 1.91 bits per heavy atom. The van der Waals surface area contributed by atoms with Crippen LogP contribution in [0.25, 0.3) is 0 Å². The molecule has 0 saturated heterocycles. The third-order valence-electron chi connectivity index (χ3n) is 1.42. The van der Waals surface area contributed by atoms with Gasteiger partial charge in [0, 0.05) is 12.1 Å². The number of halogens is 2. The van der Waals surface area contributed by atoms with E-state index in [1.54, 1.807) is 12.1 Å². The van der Waals surface area contributed by atoms with Crippen LogP contribution in [0.1, 0.15) is 0 Å². The van der Waals surface area contributed by atoms with Crippen molar-refractivity contribution in [2.24, 2.45) is 0 Å². The van der Waals surface area contributed by atoms with Gasteiger partial charge in [-0.05, 0) is 0 Å². The van der Waals surface area contributed by atoms with E-state index in [2.05, 4.69) is 0 Å². The van der Waals surface area contributed by atoms with Crippen molar-refractivity contribution in [3.8, 4) is 11.5 Å². The Kier molecular flexibility index (Phi) is 1.59. The molecule has 1 aromatic carbocycles. The van der Waals surface area contributed by atoms with E-state index in [1.807, 2.05) is 0 Å². The zero-order valence-electron chi connectivity index (χ0n) is 5.43. The summed E-state index contributed by atoms with van der Waals surface area (Å²) in [6.45, 7) is 0.242. The number of rotatable bonds is 0. The summed E-state index contributed by atoms with van der Waals surface area (Å²) in [6.07, 6.45) is 0. The van der Waals surface area contributed by atoms with E-state index in [0.29, 0.717) is 21.5 Å². The third kappa shape index (κ3) is 1.12. The van der Waals surface area contributed by atoms with Crippen LogP contribution in [0.15, 0.2) is 12.1 Å². The highest BCUT2D eigenvalue weighted by molar-refractivity contribution is 6.42. The van der Waals surface area contributed by atoms with Crippen molar-refractivity contribution in [3.63, 3.8) is 0 Å². The molecule has 1 aliphatic heterocycles. The van der Waals surface area contributed by atoms with Crippen LogP contribution >= 0.6 is 23.2 Å². The Morgan fingerprint density at radius 2 is 1.45 bits per heavy atom. The van der Waals surface area contributed by atoms with Crippen LogP contribution in [0.3, 0.4) is 0 Å². The lowest BCUT2D eigenvalue weighted by atomic mass is 10.3. The smallest absolute Gasteiger partial charge is 0.231 e. The monoisotopic (exact) mass is 190 g/mol. The molecular weight excluding hydrogens is 187 g/mol. The van der Waals surface area contributed by atoms with Crippen LogP contribution in [0, 0.1) is 0 Å². The summed E-state index contributed by atoms with van der Waals surface area (Å²) in [5.74, 6) is 1.30. The van der Waals surface area contributed by atoms with E-state index in [4.69, 9.17) is 32.7 Å². The van der Waals surface area contributed by atoms with Gasteiger partial charge in [0.25, 0.3) is 0 Å². The summed E-state index contributed by atoms with van der Waals surface area (Å²) in [4.78, 5) is 0.